The summed E-state index contributed by atoms with van der Waals surface area (Å²) in [6, 6.07) is 7.59. The molecule has 1 heterocycles. The van der Waals surface area contributed by atoms with Gasteiger partial charge in [0.1, 0.15) is 12.4 Å². The summed E-state index contributed by atoms with van der Waals surface area (Å²) >= 11 is 0. The molecular weight excluding hydrogens is 292 g/mol. The summed E-state index contributed by atoms with van der Waals surface area (Å²) in [5.41, 5.74) is 1.90. The van der Waals surface area contributed by atoms with Crippen LogP contribution >= 0.6 is 0 Å². The first kappa shape index (κ1) is 17.0. The molecule has 0 bridgehead atoms. The van der Waals surface area contributed by atoms with Crippen molar-refractivity contribution >= 4 is 11.6 Å². The third kappa shape index (κ3) is 5.41. The summed E-state index contributed by atoms with van der Waals surface area (Å²) in [7, 11) is 5.81. The van der Waals surface area contributed by atoms with Gasteiger partial charge in [-0.15, -0.1) is 0 Å². The van der Waals surface area contributed by atoms with Gasteiger partial charge >= 0.3 is 0 Å². The van der Waals surface area contributed by atoms with E-state index in [1.54, 1.807) is 18.1 Å². The first-order valence-corrected chi connectivity index (χ1v) is 7.68. The van der Waals surface area contributed by atoms with E-state index >= 15 is 0 Å². The Kier molecular flexibility index (Phi) is 6.17. The van der Waals surface area contributed by atoms with Crippen LogP contribution in [0.15, 0.2) is 36.7 Å². The molecule has 1 amide bonds. The Bertz CT molecular complexity index is 594. The normalized spacial score (nSPS) is 10.8. The molecule has 0 saturated heterocycles. The Morgan fingerprint density at radius 3 is 2.57 bits per heavy atom. The lowest BCUT2D eigenvalue weighted by Gasteiger charge is -2.18. The number of amides is 1. The maximum absolute atomic E-state index is 12.2. The Morgan fingerprint density at radius 2 is 1.96 bits per heavy atom. The summed E-state index contributed by atoms with van der Waals surface area (Å²) < 4.78 is 5.65. The molecule has 0 spiro atoms. The molecule has 0 aliphatic heterocycles. The van der Waals surface area contributed by atoms with E-state index in [9.17, 15) is 4.79 Å². The van der Waals surface area contributed by atoms with Crippen LogP contribution in [0.4, 0.5) is 5.69 Å². The number of hydrogen-bond acceptors (Lipinski definition) is 4. The largest absolute Gasteiger partial charge is 0.492 e. The van der Waals surface area contributed by atoms with E-state index in [2.05, 4.69) is 15.1 Å². The molecule has 0 unspecified atom stereocenters. The van der Waals surface area contributed by atoms with Crippen molar-refractivity contribution in [3.63, 3.8) is 0 Å². The maximum Gasteiger partial charge on any atom is 0.227 e. The third-order valence-corrected chi connectivity index (χ3v) is 3.59. The standard InChI is InChI=1S/C17H24N4O2/c1-20(2)10-11-23-16-7-5-15(6-8-16)21(3)17(22)9-4-14-12-18-19-13-14/h5-8,12-13H,4,9-11H2,1-3H3,(H,18,19). The van der Waals surface area contributed by atoms with Crippen molar-refractivity contribution in [3.8, 4) is 5.75 Å². The number of hydrogen-bond donors (Lipinski definition) is 1. The number of aromatic amines is 1. The van der Waals surface area contributed by atoms with Gasteiger partial charge in [0.15, 0.2) is 0 Å². The number of nitrogens with zero attached hydrogens (tertiary/aromatic N) is 3. The average Bonchev–Trinajstić information content (AvgIpc) is 3.05. The first-order chi connectivity index (χ1) is 11.1. The van der Waals surface area contributed by atoms with Crippen LogP contribution in [0.1, 0.15) is 12.0 Å². The van der Waals surface area contributed by atoms with Crippen molar-refractivity contribution in [2.45, 2.75) is 12.8 Å². The van der Waals surface area contributed by atoms with E-state index in [-0.39, 0.29) is 5.91 Å². The quantitative estimate of drug-likeness (QED) is 0.808. The number of carbonyl (C=O) groups excluding carboxylic acids is 1. The van der Waals surface area contributed by atoms with Gasteiger partial charge in [0.05, 0.1) is 6.20 Å². The topological polar surface area (TPSA) is 61.5 Å². The highest BCUT2D eigenvalue weighted by Gasteiger charge is 2.11. The molecule has 0 radical (unpaired) electrons. The summed E-state index contributed by atoms with van der Waals surface area (Å²) in [4.78, 5) is 16.0. The van der Waals surface area contributed by atoms with Crippen LogP contribution in [0.25, 0.3) is 0 Å². The molecule has 0 aliphatic rings. The van der Waals surface area contributed by atoms with Crippen LogP contribution in [-0.4, -0.2) is 55.3 Å². The van der Waals surface area contributed by atoms with Crippen molar-refractivity contribution in [1.29, 1.82) is 0 Å². The Balaban J connectivity index is 1.83. The molecular formula is C17H24N4O2. The Labute approximate surface area is 137 Å². The molecule has 23 heavy (non-hydrogen) atoms. The highest BCUT2D eigenvalue weighted by atomic mass is 16.5. The zero-order valence-electron chi connectivity index (χ0n) is 14.0. The molecule has 6 heteroatoms. The molecule has 0 saturated carbocycles. The predicted octanol–water partition coefficient (Wildman–Crippen LogP) is 1.95. The molecule has 1 N–H and O–H groups in total. The van der Waals surface area contributed by atoms with Crippen molar-refractivity contribution < 1.29 is 9.53 Å². The van der Waals surface area contributed by atoms with E-state index in [0.717, 1.165) is 23.5 Å². The second kappa shape index (κ2) is 8.33. The van der Waals surface area contributed by atoms with Crippen molar-refractivity contribution in [1.82, 2.24) is 15.1 Å². The molecule has 1 aromatic carbocycles. The summed E-state index contributed by atoms with van der Waals surface area (Å²) in [6.45, 7) is 1.51. The van der Waals surface area contributed by atoms with Gasteiger partial charge in [0.2, 0.25) is 5.91 Å². The molecule has 0 aliphatic carbocycles. The number of nitrogens with one attached hydrogen (secondary N) is 1. The predicted molar refractivity (Wildman–Crippen MR) is 90.8 cm³/mol. The van der Waals surface area contributed by atoms with Crippen LogP contribution < -0.4 is 9.64 Å². The van der Waals surface area contributed by atoms with E-state index in [4.69, 9.17) is 4.74 Å². The van der Waals surface area contributed by atoms with Crippen LogP contribution in [0.5, 0.6) is 5.75 Å². The van der Waals surface area contributed by atoms with Crippen molar-refractivity contribution in [2.75, 3.05) is 39.2 Å². The monoisotopic (exact) mass is 316 g/mol. The van der Waals surface area contributed by atoms with E-state index in [1.807, 2.05) is 44.6 Å². The summed E-state index contributed by atoms with van der Waals surface area (Å²) in [5, 5.41) is 6.63. The molecule has 6 nitrogen and oxygen atoms in total. The minimum Gasteiger partial charge on any atom is -0.492 e. The van der Waals surface area contributed by atoms with Gasteiger partial charge in [-0.2, -0.15) is 5.10 Å². The Hall–Kier alpha value is -2.34. The van der Waals surface area contributed by atoms with Gasteiger partial charge in [-0.1, -0.05) is 0 Å². The summed E-state index contributed by atoms with van der Waals surface area (Å²) in [6.07, 6.45) is 4.70. The van der Waals surface area contributed by atoms with Gasteiger partial charge in [0, 0.05) is 31.9 Å². The van der Waals surface area contributed by atoms with E-state index < -0.39 is 0 Å². The molecule has 2 rings (SSSR count). The SMILES string of the molecule is CN(C)CCOc1ccc(N(C)C(=O)CCc2cn[nH]c2)cc1. The Morgan fingerprint density at radius 1 is 1.22 bits per heavy atom. The second-order valence-electron chi connectivity index (χ2n) is 5.70. The fraction of sp³-hybridized carbons (Fsp3) is 0.412. The lowest BCUT2D eigenvalue weighted by Crippen LogP contribution is -2.26. The van der Waals surface area contributed by atoms with Gasteiger partial charge in [-0.05, 0) is 50.3 Å². The van der Waals surface area contributed by atoms with Crippen molar-refractivity contribution in [2.24, 2.45) is 0 Å². The number of carbonyl (C=O) groups is 1. The molecule has 0 atom stereocenters. The van der Waals surface area contributed by atoms with Gasteiger partial charge in [-0.25, -0.2) is 0 Å². The number of benzene rings is 1. The number of likely N-dealkylation sites (N-methyl/N-ethyl adjacent to an activating group) is 1. The minimum absolute atomic E-state index is 0.0764. The lowest BCUT2D eigenvalue weighted by molar-refractivity contribution is -0.118. The number of anilines is 1. The molecule has 1 aromatic heterocycles. The fourth-order valence-electron chi connectivity index (χ4n) is 2.09. The maximum atomic E-state index is 12.2. The number of aryl methyl sites for hydroxylation is 1. The van der Waals surface area contributed by atoms with Gasteiger partial charge in [-0.3, -0.25) is 9.89 Å². The van der Waals surface area contributed by atoms with Crippen LogP contribution in [-0.2, 0) is 11.2 Å². The lowest BCUT2D eigenvalue weighted by atomic mass is 10.2. The van der Waals surface area contributed by atoms with Crippen molar-refractivity contribution in [3.05, 3.63) is 42.2 Å². The highest BCUT2D eigenvalue weighted by Crippen LogP contribution is 2.19. The highest BCUT2D eigenvalue weighted by molar-refractivity contribution is 5.92. The van der Waals surface area contributed by atoms with E-state index in [1.165, 1.54) is 0 Å². The van der Waals surface area contributed by atoms with Gasteiger partial charge in [0.25, 0.3) is 0 Å². The average molecular weight is 316 g/mol. The van der Waals surface area contributed by atoms with Crippen LogP contribution in [0.3, 0.4) is 0 Å². The number of rotatable bonds is 8. The number of ether oxygens (including phenoxy) is 1. The zero-order chi connectivity index (χ0) is 16.7. The smallest absolute Gasteiger partial charge is 0.227 e. The van der Waals surface area contributed by atoms with E-state index in [0.29, 0.717) is 19.4 Å². The fourth-order valence-corrected chi connectivity index (χ4v) is 2.09. The molecule has 124 valence electrons. The minimum atomic E-state index is 0.0764. The second-order valence-corrected chi connectivity index (χ2v) is 5.70. The molecule has 2 aromatic rings. The third-order valence-electron chi connectivity index (χ3n) is 3.59. The van der Waals surface area contributed by atoms with Crippen LogP contribution in [0.2, 0.25) is 0 Å². The van der Waals surface area contributed by atoms with Crippen LogP contribution in [0, 0.1) is 0 Å². The summed E-state index contributed by atoms with van der Waals surface area (Å²) in [5.74, 6) is 0.891. The zero-order valence-corrected chi connectivity index (χ0v) is 14.0. The first-order valence-electron chi connectivity index (χ1n) is 7.68. The van der Waals surface area contributed by atoms with Gasteiger partial charge < -0.3 is 14.5 Å². The number of H-pyrrole nitrogens is 1. The molecule has 0 fully saturated rings. The number of aromatic nitrogens is 2.